The summed E-state index contributed by atoms with van der Waals surface area (Å²) < 4.78 is 15.0. The number of nitrogens with zero attached hydrogens (tertiary/aromatic N) is 4. The summed E-state index contributed by atoms with van der Waals surface area (Å²) in [6.45, 7) is 4.21. The fraction of sp³-hybridized carbons (Fsp3) is 0.385. The number of hydrogen-bond acceptors (Lipinski definition) is 5. The molecule has 2 heterocycles. The van der Waals surface area contributed by atoms with E-state index in [0.717, 1.165) is 0 Å². The lowest BCUT2D eigenvalue weighted by molar-refractivity contribution is 0.259. The standard InChI is InChI=1S/C13H19N5O3S/c1-10(7-21-12-5-6-16(2)14-12)11(8-22-9-20-4)18-13(19)17(3)15-18/h5-6,8,15H,1,7,9H2,2-4H3/b11-8+. The molecule has 2 rings (SSSR count). The predicted molar refractivity (Wildman–Crippen MR) is 85.6 cm³/mol. The molecule has 9 heteroatoms. The second-order valence-electron chi connectivity index (χ2n) is 4.57. The highest BCUT2D eigenvalue weighted by Crippen LogP contribution is 2.18. The molecule has 120 valence electrons. The summed E-state index contributed by atoms with van der Waals surface area (Å²) in [6, 6.07) is 1.76. The Bertz CT molecular complexity index is 721. The Morgan fingerprint density at radius 1 is 1.55 bits per heavy atom. The summed E-state index contributed by atoms with van der Waals surface area (Å²) in [7, 11) is 5.07. The Morgan fingerprint density at radius 2 is 2.32 bits per heavy atom. The van der Waals surface area contributed by atoms with E-state index in [9.17, 15) is 4.79 Å². The molecule has 0 spiro atoms. The fourth-order valence-corrected chi connectivity index (χ4v) is 2.31. The van der Waals surface area contributed by atoms with Crippen LogP contribution in [0.25, 0.3) is 5.70 Å². The molecule has 8 nitrogen and oxygen atoms in total. The van der Waals surface area contributed by atoms with Crippen LogP contribution >= 0.6 is 11.8 Å². The third-order valence-electron chi connectivity index (χ3n) is 2.80. The number of aromatic amines is 1. The molecule has 2 aromatic rings. The van der Waals surface area contributed by atoms with Crippen molar-refractivity contribution in [2.24, 2.45) is 14.1 Å². The number of methoxy groups -OCH3 is 1. The van der Waals surface area contributed by atoms with Gasteiger partial charge in [0, 0.05) is 39.0 Å². The van der Waals surface area contributed by atoms with E-state index in [2.05, 4.69) is 16.9 Å². The van der Waals surface area contributed by atoms with E-state index < -0.39 is 0 Å². The second kappa shape index (κ2) is 7.23. The van der Waals surface area contributed by atoms with E-state index in [4.69, 9.17) is 9.47 Å². The molecule has 0 aliphatic carbocycles. The third-order valence-corrected chi connectivity index (χ3v) is 3.56. The zero-order chi connectivity index (χ0) is 16.1. The topological polar surface area (TPSA) is 79.0 Å². The van der Waals surface area contributed by atoms with E-state index in [-0.39, 0.29) is 12.3 Å². The summed E-state index contributed by atoms with van der Waals surface area (Å²) in [5.41, 5.74) is 1.13. The summed E-state index contributed by atoms with van der Waals surface area (Å²) in [5, 5.41) is 8.80. The van der Waals surface area contributed by atoms with Crippen LogP contribution in [-0.4, -0.2) is 44.0 Å². The Hall–Kier alpha value is -2.13. The van der Waals surface area contributed by atoms with Crippen molar-refractivity contribution in [2.75, 3.05) is 19.7 Å². The molecule has 0 aliphatic heterocycles. The van der Waals surface area contributed by atoms with Crippen LogP contribution in [0.4, 0.5) is 0 Å². The van der Waals surface area contributed by atoms with Gasteiger partial charge in [-0.15, -0.1) is 16.9 Å². The van der Waals surface area contributed by atoms with Crippen molar-refractivity contribution >= 4 is 17.5 Å². The van der Waals surface area contributed by atoms with E-state index >= 15 is 0 Å². The maximum absolute atomic E-state index is 11.8. The first-order valence-electron chi connectivity index (χ1n) is 6.48. The minimum Gasteiger partial charge on any atom is -0.472 e. The van der Waals surface area contributed by atoms with E-state index in [1.54, 1.807) is 31.1 Å². The van der Waals surface area contributed by atoms with Crippen molar-refractivity contribution < 1.29 is 9.47 Å². The minimum absolute atomic E-state index is 0.164. The third kappa shape index (κ3) is 3.74. The zero-order valence-electron chi connectivity index (χ0n) is 12.8. The molecule has 0 aromatic carbocycles. The van der Waals surface area contributed by atoms with Crippen LogP contribution in [0.15, 0.2) is 34.6 Å². The van der Waals surface area contributed by atoms with Gasteiger partial charge >= 0.3 is 5.69 Å². The lowest BCUT2D eigenvalue weighted by Crippen LogP contribution is -2.41. The van der Waals surface area contributed by atoms with Gasteiger partial charge in [0.25, 0.3) is 0 Å². The second-order valence-corrected chi connectivity index (χ2v) is 5.38. The zero-order valence-corrected chi connectivity index (χ0v) is 13.6. The van der Waals surface area contributed by atoms with Gasteiger partial charge in [-0.3, -0.25) is 4.68 Å². The van der Waals surface area contributed by atoms with E-state index in [1.165, 1.54) is 21.1 Å². The average Bonchev–Trinajstić information content (AvgIpc) is 2.93. The quantitative estimate of drug-likeness (QED) is 0.445. The molecular weight excluding hydrogens is 306 g/mol. The predicted octanol–water partition coefficient (Wildman–Crippen LogP) is 1.02. The van der Waals surface area contributed by atoms with Gasteiger partial charge in [-0.25, -0.2) is 14.7 Å². The molecule has 0 bridgehead atoms. The molecule has 0 saturated heterocycles. The number of hydrogen-bond donors (Lipinski definition) is 1. The van der Waals surface area contributed by atoms with Crippen molar-refractivity contribution in [1.82, 2.24) is 24.4 Å². The number of thioether (sulfide) groups is 1. The highest BCUT2D eigenvalue weighted by molar-refractivity contribution is 8.02. The molecule has 0 aliphatic rings. The first kappa shape index (κ1) is 16.2. The summed E-state index contributed by atoms with van der Waals surface area (Å²) >= 11 is 1.42. The van der Waals surface area contributed by atoms with Crippen LogP contribution in [0.2, 0.25) is 0 Å². The lowest BCUT2D eigenvalue weighted by atomic mass is 10.2. The molecule has 22 heavy (non-hydrogen) atoms. The number of aryl methyl sites for hydroxylation is 2. The highest BCUT2D eigenvalue weighted by Gasteiger charge is 2.14. The lowest BCUT2D eigenvalue weighted by Gasteiger charge is -2.18. The Morgan fingerprint density at radius 3 is 2.86 bits per heavy atom. The summed E-state index contributed by atoms with van der Waals surface area (Å²) in [4.78, 5) is 11.8. The molecule has 0 amide bonds. The van der Waals surface area contributed by atoms with Crippen molar-refractivity contribution in [3.05, 3.63) is 40.3 Å². The van der Waals surface area contributed by atoms with Gasteiger partial charge in [-0.1, -0.05) is 6.58 Å². The molecule has 0 atom stereocenters. The van der Waals surface area contributed by atoms with Crippen molar-refractivity contribution in [1.29, 1.82) is 0 Å². The van der Waals surface area contributed by atoms with Gasteiger partial charge in [-0.2, -0.15) is 4.68 Å². The Labute approximate surface area is 132 Å². The molecule has 1 N–H and O–H groups in total. The van der Waals surface area contributed by atoms with Crippen LogP contribution < -0.4 is 10.4 Å². The monoisotopic (exact) mass is 325 g/mol. The van der Waals surface area contributed by atoms with Gasteiger partial charge < -0.3 is 9.47 Å². The first-order valence-corrected chi connectivity index (χ1v) is 7.53. The molecule has 0 fully saturated rings. The van der Waals surface area contributed by atoms with Gasteiger partial charge in [0.15, 0.2) is 0 Å². The van der Waals surface area contributed by atoms with Gasteiger partial charge in [0.1, 0.15) is 6.61 Å². The Balaban J connectivity index is 2.08. The number of ether oxygens (including phenoxy) is 2. The van der Waals surface area contributed by atoms with Crippen LogP contribution in [0.3, 0.4) is 0 Å². The maximum atomic E-state index is 11.8. The average molecular weight is 325 g/mol. The molecule has 0 radical (unpaired) electrons. The normalized spacial score (nSPS) is 11.9. The molecular formula is C13H19N5O3S. The number of H-pyrrole nitrogens is 1. The summed E-state index contributed by atoms with van der Waals surface area (Å²) in [5.74, 6) is 0.989. The SMILES string of the molecule is C=C(COc1ccn(C)n1)/C(=C\SCOC)n1[nH]n(C)c1=O. The van der Waals surface area contributed by atoms with Crippen molar-refractivity contribution in [3.8, 4) is 5.88 Å². The van der Waals surface area contributed by atoms with Crippen molar-refractivity contribution in [3.63, 3.8) is 0 Å². The fourth-order valence-electron chi connectivity index (χ4n) is 1.68. The number of aromatic nitrogens is 5. The van der Waals surface area contributed by atoms with E-state index in [1.807, 2.05) is 12.5 Å². The van der Waals surface area contributed by atoms with Crippen LogP contribution in [0.5, 0.6) is 5.88 Å². The van der Waals surface area contributed by atoms with Crippen LogP contribution in [-0.2, 0) is 18.8 Å². The summed E-state index contributed by atoms with van der Waals surface area (Å²) in [6.07, 6.45) is 1.79. The minimum atomic E-state index is -0.164. The van der Waals surface area contributed by atoms with Crippen molar-refractivity contribution in [2.45, 2.75) is 0 Å². The maximum Gasteiger partial charge on any atom is 0.364 e. The van der Waals surface area contributed by atoms with Gasteiger partial charge in [-0.05, 0) is 5.41 Å². The Kier molecular flexibility index (Phi) is 5.34. The van der Waals surface area contributed by atoms with Crippen LogP contribution in [0, 0.1) is 0 Å². The molecule has 0 unspecified atom stereocenters. The largest absolute Gasteiger partial charge is 0.472 e. The van der Waals surface area contributed by atoms with Gasteiger partial charge in [0.2, 0.25) is 5.88 Å². The number of nitrogens with one attached hydrogen (secondary N) is 1. The van der Waals surface area contributed by atoms with Gasteiger partial charge in [0.05, 0.1) is 11.6 Å². The van der Waals surface area contributed by atoms with Crippen LogP contribution in [0.1, 0.15) is 0 Å². The highest BCUT2D eigenvalue weighted by atomic mass is 32.2. The first-order chi connectivity index (χ1) is 10.5. The smallest absolute Gasteiger partial charge is 0.364 e. The number of rotatable bonds is 8. The molecule has 0 saturated carbocycles. The van der Waals surface area contributed by atoms with E-state index in [0.29, 0.717) is 23.1 Å². The molecule has 2 aromatic heterocycles.